The van der Waals surface area contributed by atoms with E-state index in [4.69, 9.17) is 4.74 Å². The number of anilines is 1. The van der Waals surface area contributed by atoms with Gasteiger partial charge in [-0.3, -0.25) is 34.3 Å². The molecule has 4 aromatic rings. The largest absolute Gasteiger partial charge is 0.508 e. The Morgan fingerprint density at radius 3 is 2.28 bits per heavy atom. The van der Waals surface area contributed by atoms with E-state index in [1.807, 2.05) is 18.2 Å². The highest BCUT2D eigenvalue weighted by Gasteiger charge is 2.45. The molecule has 2 fully saturated rings. The molecule has 0 spiro atoms. The first kappa shape index (κ1) is 35.5. The molecule has 2 N–H and O–H groups in total. The summed E-state index contributed by atoms with van der Waals surface area (Å²) in [7, 11) is 0. The van der Waals surface area contributed by atoms with Crippen LogP contribution in [0.25, 0.3) is 0 Å². The Labute approximate surface area is 315 Å². The van der Waals surface area contributed by atoms with Crippen molar-refractivity contribution < 1.29 is 29.0 Å². The van der Waals surface area contributed by atoms with E-state index in [1.54, 1.807) is 12.1 Å². The molecule has 0 saturated carbocycles. The topological polar surface area (TPSA) is 119 Å². The van der Waals surface area contributed by atoms with Gasteiger partial charge in [-0.1, -0.05) is 48.5 Å². The number of hydrogen-bond acceptors (Lipinski definition) is 8. The minimum Gasteiger partial charge on any atom is -0.508 e. The Hall–Kier alpha value is -5.48. The van der Waals surface area contributed by atoms with E-state index < -0.39 is 23.8 Å². The Morgan fingerprint density at radius 1 is 0.722 bits per heavy atom. The number of benzene rings is 4. The zero-order valence-electron chi connectivity index (χ0n) is 30.4. The number of hydrogen-bond donors (Lipinski definition) is 2. The number of phenols is 1. The van der Waals surface area contributed by atoms with Crippen molar-refractivity contribution in [2.45, 2.75) is 62.8 Å². The lowest BCUT2D eigenvalue weighted by atomic mass is 9.69. The van der Waals surface area contributed by atoms with Gasteiger partial charge in [-0.25, -0.2) is 0 Å². The zero-order chi connectivity index (χ0) is 37.2. The Kier molecular flexibility index (Phi) is 10.2. The second-order valence-corrected chi connectivity index (χ2v) is 14.9. The number of unbranched alkanes of at least 4 members (excludes halogenated alkanes) is 2. The molecule has 10 heteroatoms. The third-order valence-corrected chi connectivity index (χ3v) is 11.6. The number of carbonyl (C=O) groups excluding carboxylic acids is 4. The van der Waals surface area contributed by atoms with Crippen LogP contribution in [0.4, 0.5) is 5.69 Å². The fourth-order valence-corrected chi connectivity index (χ4v) is 8.74. The molecule has 4 aliphatic rings. The summed E-state index contributed by atoms with van der Waals surface area (Å²) in [5, 5.41) is 12.4. The highest BCUT2D eigenvalue weighted by atomic mass is 16.5. The van der Waals surface area contributed by atoms with Crippen molar-refractivity contribution in [1.82, 2.24) is 15.1 Å². The van der Waals surface area contributed by atoms with Crippen molar-refractivity contribution >= 4 is 29.3 Å². The van der Waals surface area contributed by atoms with E-state index in [0.29, 0.717) is 29.4 Å². The maximum Gasteiger partial charge on any atom is 0.262 e. The molecule has 4 aromatic carbocycles. The molecule has 1 unspecified atom stereocenters. The summed E-state index contributed by atoms with van der Waals surface area (Å²) in [6.07, 6.45) is 5.38. The van der Waals surface area contributed by atoms with Crippen LogP contribution in [0.5, 0.6) is 11.5 Å². The number of aryl methyl sites for hydroxylation is 1. The molecule has 0 radical (unpaired) electrons. The summed E-state index contributed by atoms with van der Waals surface area (Å²) >= 11 is 0. The molecule has 3 atom stereocenters. The lowest BCUT2D eigenvalue weighted by Gasteiger charge is -2.36. The number of nitrogens with zero attached hydrogens (tertiary/aromatic N) is 3. The number of aromatic hydroxyl groups is 1. The van der Waals surface area contributed by atoms with Gasteiger partial charge in [-0.15, -0.1) is 0 Å². The summed E-state index contributed by atoms with van der Waals surface area (Å²) in [6, 6.07) is 29.5. The number of rotatable bonds is 11. The minimum atomic E-state index is -0.961. The highest BCUT2D eigenvalue weighted by molar-refractivity contribution is 6.23. The standard InChI is InChI=1S/C44H46N4O6/c49-33-13-18-36-31(27-33)11-16-35(29-7-3-1-4-8-29)41(36)30-9-14-34(15-10-30)54-26-6-2-5-21-46-22-24-47(25-23-46)32-12-17-37-38(28-32)44(53)48(43(37)52)39-19-20-40(50)45-42(39)51/h1,3-4,7-10,12-15,17-18,27-28,35,39,41,49H,2,5-6,11,16,19-26H2,(H,45,50,51)/t35-,39?,41+/m1/s1. The van der Waals surface area contributed by atoms with E-state index >= 15 is 0 Å². The normalized spacial score (nSPS) is 21.5. The summed E-state index contributed by atoms with van der Waals surface area (Å²) in [5.41, 5.74) is 6.64. The Morgan fingerprint density at radius 2 is 1.50 bits per heavy atom. The quantitative estimate of drug-likeness (QED) is 0.142. The van der Waals surface area contributed by atoms with E-state index in [-0.39, 0.29) is 24.7 Å². The van der Waals surface area contributed by atoms with Gasteiger partial charge in [0.1, 0.15) is 17.5 Å². The molecule has 3 aliphatic heterocycles. The van der Waals surface area contributed by atoms with Gasteiger partial charge in [-0.05, 0) is 116 Å². The van der Waals surface area contributed by atoms with E-state index in [9.17, 15) is 24.3 Å². The SMILES string of the molecule is O=C1CCC(N2C(=O)c3ccc(N4CCN(CCCCCOc5ccc([C@@H]6c7ccc(O)cc7CC[C@@H]6c6ccccc6)cc5)CC4)cc3C2=O)C(=O)N1. The number of piperazine rings is 1. The molecule has 0 bridgehead atoms. The number of carbonyl (C=O) groups is 4. The smallest absolute Gasteiger partial charge is 0.262 e. The van der Waals surface area contributed by atoms with Crippen LogP contribution < -0.4 is 15.0 Å². The van der Waals surface area contributed by atoms with E-state index in [1.165, 1.54) is 22.3 Å². The minimum absolute atomic E-state index is 0.101. The molecule has 8 rings (SSSR count). The van der Waals surface area contributed by atoms with Gasteiger partial charge in [0, 0.05) is 44.2 Å². The van der Waals surface area contributed by atoms with Crippen LogP contribution >= 0.6 is 0 Å². The maximum atomic E-state index is 13.3. The second kappa shape index (κ2) is 15.5. The van der Waals surface area contributed by atoms with Crippen molar-refractivity contribution in [3.8, 4) is 11.5 Å². The van der Waals surface area contributed by atoms with Crippen LogP contribution in [0.1, 0.15) is 93.3 Å². The summed E-state index contributed by atoms with van der Waals surface area (Å²) in [5.74, 6) is -0.145. The van der Waals surface area contributed by atoms with Gasteiger partial charge >= 0.3 is 0 Å². The fraction of sp³-hybridized carbons (Fsp3) is 0.364. The average Bonchev–Trinajstić information content (AvgIpc) is 3.44. The molecular weight excluding hydrogens is 681 g/mol. The maximum absolute atomic E-state index is 13.3. The lowest BCUT2D eigenvalue weighted by molar-refractivity contribution is -0.136. The summed E-state index contributed by atoms with van der Waals surface area (Å²) in [4.78, 5) is 56.0. The third-order valence-electron chi connectivity index (χ3n) is 11.6. The van der Waals surface area contributed by atoms with Crippen LogP contribution in [-0.4, -0.2) is 83.9 Å². The highest BCUT2D eigenvalue weighted by Crippen LogP contribution is 2.47. The van der Waals surface area contributed by atoms with E-state index in [0.717, 1.165) is 81.2 Å². The Balaban J connectivity index is 0.783. The van der Waals surface area contributed by atoms with Crippen LogP contribution in [0.2, 0.25) is 0 Å². The van der Waals surface area contributed by atoms with Crippen LogP contribution in [0, 0.1) is 0 Å². The number of imide groups is 2. The molecule has 4 amide bonds. The van der Waals surface area contributed by atoms with Crippen molar-refractivity contribution in [2.24, 2.45) is 0 Å². The van der Waals surface area contributed by atoms with Crippen molar-refractivity contribution in [1.29, 1.82) is 0 Å². The first-order chi connectivity index (χ1) is 26.3. The summed E-state index contributed by atoms with van der Waals surface area (Å²) < 4.78 is 6.16. The van der Waals surface area contributed by atoms with Crippen LogP contribution in [-0.2, 0) is 16.0 Å². The average molecular weight is 727 g/mol. The van der Waals surface area contributed by atoms with Crippen molar-refractivity contribution in [3.05, 3.63) is 124 Å². The monoisotopic (exact) mass is 726 g/mol. The van der Waals surface area contributed by atoms with Gasteiger partial charge in [0.25, 0.3) is 11.8 Å². The number of fused-ring (bicyclic) bond motifs is 2. The molecule has 10 nitrogen and oxygen atoms in total. The van der Waals surface area contributed by atoms with Crippen molar-refractivity contribution in [3.63, 3.8) is 0 Å². The first-order valence-electron chi connectivity index (χ1n) is 19.3. The first-order valence-corrected chi connectivity index (χ1v) is 19.3. The number of amides is 4. The van der Waals surface area contributed by atoms with E-state index in [2.05, 4.69) is 75.8 Å². The number of piperidine rings is 1. The predicted octanol–water partition coefficient (Wildman–Crippen LogP) is 6.03. The predicted molar refractivity (Wildman–Crippen MR) is 205 cm³/mol. The molecule has 0 aromatic heterocycles. The van der Waals surface area contributed by atoms with Crippen LogP contribution in [0.15, 0.2) is 91.0 Å². The van der Waals surface area contributed by atoms with Gasteiger partial charge in [-0.2, -0.15) is 0 Å². The van der Waals surface area contributed by atoms with Crippen molar-refractivity contribution in [2.75, 3.05) is 44.2 Å². The number of phenolic OH excluding ortho intramolecular Hbond substituents is 1. The lowest BCUT2D eigenvalue weighted by Crippen LogP contribution is -2.54. The Bertz CT molecular complexity index is 2040. The van der Waals surface area contributed by atoms with Gasteiger partial charge in [0.2, 0.25) is 11.8 Å². The molecular formula is C44H46N4O6. The molecule has 278 valence electrons. The number of nitrogens with one attached hydrogen (secondary N) is 1. The van der Waals surface area contributed by atoms with Gasteiger partial charge in [0.15, 0.2) is 0 Å². The molecule has 3 heterocycles. The second-order valence-electron chi connectivity index (χ2n) is 14.9. The third kappa shape index (κ3) is 7.22. The molecule has 1 aliphatic carbocycles. The van der Waals surface area contributed by atoms with Gasteiger partial charge < -0.3 is 14.7 Å². The van der Waals surface area contributed by atoms with Crippen LogP contribution in [0.3, 0.4) is 0 Å². The zero-order valence-corrected chi connectivity index (χ0v) is 30.4. The molecule has 54 heavy (non-hydrogen) atoms. The van der Waals surface area contributed by atoms with Gasteiger partial charge in [0.05, 0.1) is 17.7 Å². The fourth-order valence-electron chi connectivity index (χ4n) is 8.74. The summed E-state index contributed by atoms with van der Waals surface area (Å²) in [6.45, 7) is 5.14. The number of ether oxygens (including phenoxy) is 1. The molecule has 2 saturated heterocycles.